The van der Waals surface area contributed by atoms with Crippen LogP contribution in [0, 0.1) is 0 Å². The monoisotopic (exact) mass is 362 g/mol. The Balaban J connectivity index is 2.34. The minimum absolute atomic E-state index is 0.00651. The van der Waals surface area contributed by atoms with Gasteiger partial charge in [0.15, 0.2) is 0 Å². The van der Waals surface area contributed by atoms with Crippen LogP contribution >= 0.6 is 34.8 Å². The van der Waals surface area contributed by atoms with E-state index in [-0.39, 0.29) is 39.0 Å². The normalized spacial score (nSPS) is 14.6. The summed E-state index contributed by atoms with van der Waals surface area (Å²) in [6, 6.07) is 0.277. The van der Waals surface area contributed by atoms with Crippen LogP contribution in [0.1, 0.15) is 30.1 Å². The van der Waals surface area contributed by atoms with Gasteiger partial charge in [0, 0.05) is 18.4 Å². The van der Waals surface area contributed by atoms with Gasteiger partial charge in [0.05, 0.1) is 22.2 Å². The van der Waals surface area contributed by atoms with Gasteiger partial charge in [-0.1, -0.05) is 34.8 Å². The van der Waals surface area contributed by atoms with Crippen LogP contribution in [0.2, 0.25) is 15.2 Å². The van der Waals surface area contributed by atoms with E-state index >= 15 is 0 Å². The maximum Gasteiger partial charge on any atom is 0.343 e. The molecule has 1 aromatic rings. The zero-order valence-electron chi connectivity index (χ0n) is 11.7. The third-order valence-electron chi connectivity index (χ3n) is 2.94. The molecule has 1 aliphatic carbocycles. The lowest BCUT2D eigenvalue weighted by molar-refractivity contribution is -0.138. The van der Waals surface area contributed by atoms with E-state index in [1.54, 1.807) is 6.92 Å². The highest BCUT2D eigenvalue weighted by Gasteiger charge is 2.27. The molecule has 1 aromatic heterocycles. The summed E-state index contributed by atoms with van der Waals surface area (Å²) < 4.78 is 4.90. The van der Waals surface area contributed by atoms with E-state index in [0.29, 0.717) is 0 Å². The van der Waals surface area contributed by atoms with Gasteiger partial charge in [0.1, 0.15) is 10.7 Å². The SMILES string of the molecule is CCOC(=O)/C(=C\NC1CC1)C(=O)c1cnc(Cl)c(Cl)c1Cl. The molecule has 0 atom stereocenters. The fraction of sp³-hybridized carbons (Fsp3) is 0.357. The van der Waals surface area contributed by atoms with Crippen LogP contribution in [-0.4, -0.2) is 29.4 Å². The van der Waals surface area contributed by atoms with E-state index < -0.39 is 11.8 Å². The summed E-state index contributed by atoms with van der Waals surface area (Å²) >= 11 is 17.6. The van der Waals surface area contributed by atoms with Crippen molar-refractivity contribution in [2.45, 2.75) is 25.8 Å². The summed E-state index contributed by atoms with van der Waals surface area (Å²) in [5, 5.41) is 2.89. The highest BCUT2D eigenvalue weighted by atomic mass is 35.5. The van der Waals surface area contributed by atoms with Gasteiger partial charge < -0.3 is 10.1 Å². The smallest absolute Gasteiger partial charge is 0.343 e. The molecule has 1 N–H and O–H groups in total. The number of rotatable bonds is 6. The van der Waals surface area contributed by atoms with E-state index in [4.69, 9.17) is 39.5 Å². The number of ketones is 1. The van der Waals surface area contributed by atoms with Crippen LogP contribution in [0.15, 0.2) is 18.0 Å². The third-order valence-corrected chi connectivity index (χ3v) is 4.18. The summed E-state index contributed by atoms with van der Waals surface area (Å²) in [5.74, 6) is -1.36. The van der Waals surface area contributed by atoms with Crippen molar-refractivity contribution in [1.29, 1.82) is 0 Å². The number of ether oxygens (including phenoxy) is 1. The molecule has 0 spiro atoms. The van der Waals surface area contributed by atoms with Crippen LogP contribution < -0.4 is 5.32 Å². The number of hydrogen-bond donors (Lipinski definition) is 1. The van der Waals surface area contributed by atoms with E-state index in [9.17, 15) is 9.59 Å². The Morgan fingerprint density at radius 3 is 2.64 bits per heavy atom. The van der Waals surface area contributed by atoms with Crippen molar-refractivity contribution in [1.82, 2.24) is 10.3 Å². The van der Waals surface area contributed by atoms with E-state index in [1.807, 2.05) is 0 Å². The first-order valence-corrected chi connectivity index (χ1v) is 7.76. The standard InChI is InChI=1S/C14H13Cl3N2O3/c1-2-22-14(21)9(6-18-7-3-4-7)12(20)8-5-19-13(17)11(16)10(8)15/h5-7,18H,2-4H2,1H3/b9-6-. The highest BCUT2D eigenvalue weighted by Crippen LogP contribution is 2.32. The summed E-state index contributed by atoms with van der Waals surface area (Å²) in [6.07, 6.45) is 4.53. The minimum Gasteiger partial charge on any atom is -0.462 e. The van der Waals surface area contributed by atoms with Crippen molar-refractivity contribution in [2.75, 3.05) is 6.61 Å². The number of Topliss-reactive ketones (excluding diaryl/α,β-unsaturated/α-hetero) is 1. The molecule has 0 amide bonds. The average Bonchev–Trinajstić information content (AvgIpc) is 3.29. The fourth-order valence-electron chi connectivity index (χ4n) is 1.62. The third kappa shape index (κ3) is 3.91. The lowest BCUT2D eigenvalue weighted by Gasteiger charge is -2.09. The molecule has 2 rings (SSSR count). The number of esters is 1. The summed E-state index contributed by atoms with van der Waals surface area (Å²) in [6.45, 7) is 1.81. The van der Waals surface area contributed by atoms with Gasteiger partial charge in [-0.25, -0.2) is 9.78 Å². The number of nitrogens with zero attached hydrogens (tertiary/aromatic N) is 1. The molecule has 0 aliphatic heterocycles. The molecular weight excluding hydrogens is 351 g/mol. The molecule has 0 aromatic carbocycles. The Bertz CT molecular complexity index is 642. The maximum absolute atomic E-state index is 12.5. The molecule has 0 unspecified atom stereocenters. The fourth-order valence-corrected chi connectivity index (χ4v) is 2.19. The molecule has 1 heterocycles. The lowest BCUT2D eigenvalue weighted by Crippen LogP contribution is -2.21. The van der Waals surface area contributed by atoms with Gasteiger partial charge in [-0.15, -0.1) is 0 Å². The van der Waals surface area contributed by atoms with Crippen molar-refractivity contribution in [3.63, 3.8) is 0 Å². The Labute approximate surface area is 142 Å². The van der Waals surface area contributed by atoms with Gasteiger partial charge in [-0.2, -0.15) is 0 Å². The molecule has 0 radical (unpaired) electrons. The molecule has 1 saturated carbocycles. The molecule has 8 heteroatoms. The molecular formula is C14H13Cl3N2O3. The predicted octanol–water partition coefficient (Wildman–Crippen LogP) is 3.42. The number of hydrogen-bond acceptors (Lipinski definition) is 5. The number of aromatic nitrogens is 1. The van der Waals surface area contributed by atoms with Gasteiger partial charge in [-0.05, 0) is 19.8 Å². The first-order chi connectivity index (χ1) is 10.5. The van der Waals surface area contributed by atoms with Crippen LogP contribution in [0.4, 0.5) is 0 Å². The van der Waals surface area contributed by atoms with Crippen molar-refractivity contribution in [3.05, 3.63) is 38.7 Å². The maximum atomic E-state index is 12.5. The summed E-state index contributed by atoms with van der Waals surface area (Å²) in [7, 11) is 0. The van der Waals surface area contributed by atoms with Gasteiger partial charge in [0.25, 0.3) is 0 Å². The predicted molar refractivity (Wildman–Crippen MR) is 84.5 cm³/mol. The Morgan fingerprint density at radius 2 is 2.05 bits per heavy atom. The quantitative estimate of drug-likeness (QED) is 0.209. The number of carbonyl (C=O) groups excluding carboxylic acids is 2. The van der Waals surface area contributed by atoms with Gasteiger partial charge in [0.2, 0.25) is 5.78 Å². The van der Waals surface area contributed by atoms with Crippen molar-refractivity contribution in [3.8, 4) is 0 Å². The number of pyridine rings is 1. The van der Waals surface area contributed by atoms with Gasteiger partial charge in [-0.3, -0.25) is 4.79 Å². The molecule has 1 fully saturated rings. The first-order valence-electron chi connectivity index (χ1n) is 6.63. The van der Waals surface area contributed by atoms with Crippen LogP contribution in [0.25, 0.3) is 0 Å². The Kier molecular flexibility index (Phi) is 5.67. The molecule has 1 aliphatic rings. The van der Waals surface area contributed by atoms with Crippen molar-refractivity contribution in [2.24, 2.45) is 0 Å². The molecule has 22 heavy (non-hydrogen) atoms. The minimum atomic E-state index is -0.734. The van der Waals surface area contributed by atoms with Crippen LogP contribution in [0.3, 0.4) is 0 Å². The number of nitrogens with one attached hydrogen (secondary N) is 1. The topological polar surface area (TPSA) is 68.3 Å². The summed E-state index contributed by atoms with van der Waals surface area (Å²) in [5.41, 5.74) is -0.163. The second kappa shape index (κ2) is 7.31. The second-order valence-corrected chi connectivity index (χ2v) is 5.75. The zero-order valence-corrected chi connectivity index (χ0v) is 13.9. The zero-order chi connectivity index (χ0) is 16.3. The number of carbonyl (C=O) groups is 2. The van der Waals surface area contributed by atoms with Crippen LogP contribution in [-0.2, 0) is 9.53 Å². The lowest BCUT2D eigenvalue weighted by atomic mass is 10.1. The highest BCUT2D eigenvalue weighted by molar-refractivity contribution is 6.49. The van der Waals surface area contributed by atoms with Crippen LogP contribution in [0.5, 0.6) is 0 Å². The van der Waals surface area contributed by atoms with Crippen molar-refractivity contribution >= 4 is 46.6 Å². The summed E-state index contributed by atoms with van der Waals surface area (Å²) in [4.78, 5) is 28.3. The van der Waals surface area contributed by atoms with E-state index in [1.165, 1.54) is 12.4 Å². The first kappa shape index (κ1) is 17.1. The Hall–Kier alpha value is -1.30. The molecule has 5 nitrogen and oxygen atoms in total. The Morgan fingerprint density at radius 1 is 1.36 bits per heavy atom. The molecule has 0 saturated heterocycles. The average molecular weight is 364 g/mol. The molecule has 118 valence electrons. The van der Waals surface area contributed by atoms with Gasteiger partial charge >= 0.3 is 5.97 Å². The van der Waals surface area contributed by atoms with E-state index in [2.05, 4.69) is 10.3 Å². The largest absolute Gasteiger partial charge is 0.462 e. The van der Waals surface area contributed by atoms with Crippen molar-refractivity contribution < 1.29 is 14.3 Å². The second-order valence-electron chi connectivity index (χ2n) is 4.64. The number of halogens is 3. The van der Waals surface area contributed by atoms with E-state index in [0.717, 1.165) is 12.8 Å². The molecule has 0 bridgehead atoms.